The van der Waals surface area contributed by atoms with Gasteiger partial charge in [-0.25, -0.2) is 0 Å². The van der Waals surface area contributed by atoms with Gasteiger partial charge in [0.25, 0.3) is 0 Å². The van der Waals surface area contributed by atoms with Gasteiger partial charge in [-0.2, -0.15) is 0 Å². The lowest BCUT2D eigenvalue weighted by Gasteiger charge is -2.42. The minimum atomic E-state index is -1.40. The van der Waals surface area contributed by atoms with E-state index in [-0.39, 0.29) is 0 Å². The zero-order valence-electron chi connectivity index (χ0n) is 10.3. The van der Waals surface area contributed by atoms with Crippen molar-refractivity contribution in [3.63, 3.8) is 0 Å². The van der Waals surface area contributed by atoms with E-state index in [9.17, 15) is 15.3 Å². The Kier molecular flexibility index (Phi) is 4.51. The molecule has 0 aromatic heterocycles. The Morgan fingerprint density at radius 2 is 1.68 bits per heavy atom. The molecule has 0 saturated carbocycles. The molecule has 6 heteroatoms. The Bertz CT molecular complexity index is 399. The number of hydrogen-bond acceptors (Lipinski definition) is 6. The van der Waals surface area contributed by atoms with Crippen LogP contribution in [0.5, 0.6) is 0 Å². The first kappa shape index (κ1) is 14.4. The first-order valence-corrected chi connectivity index (χ1v) is 6.17. The number of rotatable bonds is 3. The van der Waals surface area contributed by atoms with Crippen LogP contribution in [0.25, 0.3) is 0 Å². The van der Waals surface area contributed by atoms with E-state index < -0.39 is 43.2 Å². The largest absolute Gasteiger partial charge is 0.394 e. The zero-order valence-corrected chi connectivity index (χ0v) is 10.3. The molecular weight excluding hydrogens is 250 g/mol. The van der Waals surface area contributed by atoms with E-state index in [1.165, 1.54) is 0 Å². The SMILES string of the molecule is N[C@@H](c1ccccc1)[C@@H]1O[C@H](CO)[C@@H](O)[C@H](O)[C@H]1O. The van der Waals surface area contributed by atoms with Crippen LogP contribution in [0.3, 0.4) is 0 Å². The summed E-state index contributed by atoms with van der Waals surface area (Å²) >= 11 is 0. The second-order valence-electron chi connectivity index (χ2n) is 4.73. The summed E-state index contributed by atoms with van der Waals surface area (Å²) in [6, 6.07) is 8.35. The fourth-order valence-corrected chi connectivity index (χ4v) is 2.29. The predicted octanol–water partition coefficient (Wildman–Crippen LogP) is -1.47. The lowest BCUT2D eigenvalue weighted by Crippen LogP contribution is -2.60. The Labute approximate surface area is 111 Å². The zero-order chi connectivity index (χ0) is 14.0. The van der Waals surface area contributed by atoms with Gasteiger partial charge in [0, 0.05) is 0 Å². The van der Waals surface area contributed by atoms with Crippen molar-refractivity contribution in [2.45, 2.75) is 36.6 Å². The van der Waals surface area contributed by atoms with Gasteiger partial charge in [0.15, 0.2) is 0 Å². The summed E-state index contributed by atoms with van der Waals surface area (Å²) < 4.78 is 5.41. The summed E-state index contributed by atoms with van der Waals surface area (Å²) in [6.07, 6.45) is -5.89. The van der Waals surface area contributed by atoms with Crippen LogP contribution in [0.2, 0.25) is 0 Å². The fourth-order valence-electron chi connectivity index (χ4n) is 2.29. The van der Waals surface area contributed by atoms with Gasteiger partial charge in [0.05, 0.1) is 12.6 Å². The molecule has 1 saturated heterocycles. The van der Waals surface area contributed by atoms with Crippen molar-refractivity contribution in [1.29, 1.82) is 0 Å². The second kappa shape index (κ2) is 5.96. The number of aliphatic hydroxyl groups excluding tert-OH is 4. The number of ether oxygens (including phenoxy) is 1. The molecule has 1 aromatic rings. The quantitative estimate of drug-likeness (QED) is 0.457. The van der Waals surface area contributed by atoms with Crippen LogP contribution in [0.1, 0.15) is 11.6 Å². The fraction of sp³-hybridized carbons (Fsp3) is 0.538. The number of benzene rings is 1. The van der Waals surface area contributed by atoms with E-state index >= 15 is 0 Å². The molecule has 0 aliphatic carbocycles. The summed E-state index contributed by atoms with van der Waals surface area (Å²) in [6.45, 7) is -0.455. The van der Waals surface area contributed by atoms with Gasteiger partial charge in [-0.15, -0.1) is 0 Å². The van der Waals surface area contributed by atoms with E-state index in [0.717, 1.165) is 5.56 Å². The van der Waals surface area contributed by atoms with Crippen molar-refractivity contribution >= 4 is 0 Å². The van der Waals surface area contributed by atoms with Crippen LogP contribution >= 0.6 is 0 Å². The molecule has 0 radical (unpaired) electrons. The van der Waals surface area contributed by atoms with Crippen LogP contribution in [-0.4, -0.2) is 57.6 Å². The Morgan fingerprint density at radius 1 is 1.05 bits per heavy atom. The van der Waals surface area contributed by atoms with Crippen LogP contribution < -0.4 is 5.73 Å². The third-order valence-electron chi connectivity index (χ3n) is 3.47. The minimum absolute atomic E-state index is 0.455. The molecule has 0 bridgehead atoms. The highest BCUT2D eigenvalue weighted by atomic mass is 16.5. The Morgan fingerprint density at radius 3 is 2.26 bits per heavy atom. The predicted molar refractivity (Wildman–Crippen MR) is 67.1 cm³/mol. The van der Waals surface area contributed by atoms with Gasteiger partial charge in [-0.3, -0.25) is 0 Å². The molecule has 0 amide bonds. The van der Waals surface area contributed by atoms with E-state index in [1.54, 1.807) is 24.3 Å². The van der Waals surface area contributed by atoms with E-state index in [1.807, 2.05) is 6.07 Å². The van der Waals surface area contributed by atoms with Gasteiger partial charge in [-0.05, 0) is 5.56 Å². The van der Waals surface area contributed by atoms with Crippen molar-refractivity contribution in [3.05, 3.63) is 35.9 Å². The van der Waals surface area contributed by atoms with Crippen molar-refractivity contribution < 1.29 is 25.2 Å². The molecule has 0 unspecified atom stereocenters. The molecule has 6 atom stereocenters. The summed E-state index contributed by atoms with van der Waals surface area (Å²) in [4.78, 5) is 0. The van der Waals surface area contributed by atoms with Gasteiger partial charge in [0.1, 0.15) is 30.5 Å². The molecule has 1 fully saturated rings. The number of hydrogen-bond donors (Lipinski definition) is 5. The van der Waals surface area contributed by atoms with E-state index in [0.29, 0.717) is 0 Å². The van der Waals surface area contributed by atoms with Crippen molar-refractivity contribution in [1.82, 2.24) is 0 Å². The lowest BCUT2D eigenvalue weighted by molar-refractivity contribution is -0.234. The molecule has 1 heterocycles. The van der Waals surface area contributed by atoms with Crippen LogP contribution in [-0.2, 0) is 4.74 Å². The first-order valence-electron chi connectivity index (χ1n) is 6.17. The van der Waals surface area contributed by atoms with Crippen LogP contribution in [0.15, 0.2) is 30.3 Å². The molecular formula is C13H19NO5. The second-order valence-corrected chi connectivity index (χ2v) is 4.73. The topological polar surface area (TPSA) is 116 Å². The summed E-state index contributed by atoms with van der Waals surface area (Å²) in [5.41, 5.74) is 6.77. The minimum Gasteiger partial charge on any atom is -0.394 e. The Balaban J connectivity index is 2.19. The maximum Gasteiger partial charge on any atom is 0.111 e. The van der Waals surface area contributed by atoms with Crippen LogP contribution in [0, 0.1) is 0 Å². The van der Waals surface area contributed by atoms with Gasteiger partial charge in [0.2, 0.25) is 0 Å². The highest BCUT2D eigenvalue weighted by molar-refractivity contribution is 5.20. The number of nitrogens with two attached hydrogens (primary N) is 1. The molecule has 106 valence electrons. The van der Waals surface area contributed by atoms with Crippen LogP contribution in [0.4, 0.5) is 0 Å². The average Bonchev–Trinajstić information content (AvgIpc) is 2.45. The third kappa shape index (κ3) is 2.79. The normalized spacial score (nSPS) is 37.0. The molecule has 19 heavy (non-hydrogen) atoms. The maximum absolute atomic E-state index is 9.96. The van der Waals surface area contributed by atoms with Crippen molar-refractivity contribution in [2.75, 3.05) is 6.61 Å². The monoisotopic (exact) mass is 269 g/mol. The first-order chi connectivity index (χ1) is 9.06. The van der Waals surface area contributed by atoms with Crippen molar-refractivity contribution in [3.8, 4) is 0 Å². The molecule has 0 spiro atoms. The summed E-state index contributed by atoms with van der Waals surface area (Å²) in [5.74, 6) is 0. The van der Waals surface area contributed by atoms with Gasteiger partial charge in [-0.1, -0.05) is 30.3 Å². The molecule has 1 aromatic carbocycles. The number of aliphatic hydroxyl groups is 4. The van der Waals surface area contributed by atoms with E-state index in [4.69, 9.17) is 15.6 Å². The third-order valence-corrected chi connectivity index (χ3v) is 3.47. The molecule has 1 aliphatic rings. The average molecular weight is 269 g/mol. The molecule has 2 rings (SSSR count). The highest BCUT2D eigenvalue weighted by Crippen LogP contribution is 2.28. The van der Waals surface area contributed by atoms with Crippen molar-refractivity contribution in [2.24, 2.45) is 5.73 Å². The smallest absolute Gasteiger partial charge is 0.111 e. The van der Waals surface area contributed by atoms with Gasteiger partial charge < -0.3 is 30.9 Å². The molecule has 1 aliphatic heterocycles. The summed E-state index contributed by atoms with van der Waals surface area (Å²) in [5, 5.41) is 38.5. The molecule has 6 N–H and O–H groups in total. The summed E-state index contributed by atoms with van der Waals surface area (Å²) in [7, 11) is 0. The standard InChI is InChI=1S/C13H19NO5/c14-9(7-4-2-1-3-5-7)13-12(18)11(17)10(16)8(6-15)19-13/h1-5,8-13,15-18H,6,14H2/t8-,9+,10-,11+,12-,13+/m1/s1. The van der Waals surface area contributed by atoms with Gasteiger partial charge >= 0.3 is 0 Å². The molecule has 6 nitrogen and oxygen atoms in total. The maximum atomic E-state index is 9.96. The Hall–Kier alpha value is -1.02. The highest BCUT2D eigenvalue weighted by Gasteiger charge is 2.45. The lowest BCUT2D eigenvalue weighted by atomic mass is 9.89. The van der Waals surface area contributed by atoms with E-state index in [2.05, 4.69) is 0 Å².